The fourth-order valence-electron chi connectivity index (χ4n) is 2.67. The van der Waals surface area contributed by atoms with Crippen molar-refractivity contribution in [3.63, 3.8) is 0 Å². The van der Waals surface area contributed by atoms with Crippen LogP contribution in [0, 0.1) is 5.82 Å². The van der Waals surface area contributed by atoms with Gasteiger partial charge in [-0.1, -0.05) is 18.2 Å². The normalized spacial score (nSPS) is 10.4. The van der Waals surface area contributed by atoms with Gasteiger partial charge < -0.3 is 20.1 Å². The van der Waals surface area contributed by atoms with E-state index in [1.54, 1.807) is 48.5 Å². The van der Waals surface area contributed by atoms with E-state index in [0.29, 0.717) is 28.4 Å². The predicted octanol–water partition coefficient (Wildman–Crippen LogP) is 2.94. The second kappa shape index (κ2) is 11.8. The molecule has 0 spiro atoms. The van der Waals surface area contributed by atoms with Gasteiger partial charge in [0.05, 0.1) is 13.3 Å². The van der Waals surface area contributed by atoms with E-state index in [1.165, 1.54) is 37.6 Å². The van der Waals surface area contributed by atoms with E-state index in [-0.39, 0.29) is 6.61 Å². The Hall–Kier alpha value is -4.73. The highest BCUT2D eigenvalue weighted by Gasteiger charge is 2.13. The van der Waals surface area contributed by atoms with Crippen molar-refractivity contribution in [3.05, 3.63) is 84.2 Å². The van der Waals surface area contributed by atoms with Crippen LogP contribution < -0.4 is 25.5 Å². The molecule has 10 heteroatoms. The number of methoxy groups -OCH3 is 1. The molecule has 0 aliphatic rings. The SMILES string of the molecule is COc1cccc(NC(=O)C(=O)N/N=C\c2cccc(OCC(=O)Nc3ccc(F)cc3)c2)c1. The summed E-state index contributed by atoms with van der Waals surface area (Å²) in [5, 5.41) is 8.79. The average Bonchev–Trinajstić information content (AvgIpc) is 2.84. The summed E-state index contributed by atoms with van der Waals surface area (Å²) in [5.74, 6) is -1.74. The molecule has 0 aliphatic heterocycles. The minimum Gasteiger partial charge on any atom is -0.497 e. The van der Waals surface area contributed by atoms with Crippen LogP contribution in [0.4, 0.5) is 15.8 Å². The summed E-state index contributed by atoms with van der Waals surface area (Å²) in [6.07, 6.45) is 1.32. The van der Waals surface area contributed by atoms with Gasteiger partial charge >= 0.3 is 11.8 Å². The van der Waals surface area contributed by atoms with Gasteiger partial charge in [0.25, 0.3) is 5.91 Å². The van der Waals surface area contributed by atoms with Crippen LogP contribution in [0.5, 0.6) is 11.5 Å². The molecule has 0 atom stereocenters. The number of benzene rings is 3. The molecular weight excluding hydrogens is 443 g/mol. The molecule has 3 aromatic rings. The molecule has 0 bridgehead atoms. The molecular formula is C24H21FN4O5. The average molecular weight is 464 g/mol. The zero-order valence-corrected chi connectivity index (χ0v) is 18.1. The summed E-state index contributed by atoms with van der Waals surface area (Å²) >= 11 is 0. The van der Waals surface area contributed by atoms with Crippen LogP contribution in [0.1, 0.15) is 5.56 Å². The molecule has 0 saturated carbocycles. The third kappa shape index (κ3) is 7.45. The molecule has 3 amide bonds. The number of rotatable bonds is 8. The Balaban J connectivity index is 1.47. The highest BCUT2D eigenvalue weighted by atomic mass is 19.1. The van der Waals surface area contributed by atoms with Crippen molar-refractivity contribution in [2.45, 2.75) is 0 Å². The van der Waals surface area contributed by atoms with E-state index < -0.39 is 23.5 Å². The van der Waals surface area contributed by atoms with Crippen molar-refractivity contribution in [2.24, 2.45) is 5.10 Å². The van der Waals surface area contributed by atoms with E-state index in [2.05, 4.69) is 21.2 Å². The zero-order chi connectivity index (χ0) is 24.3. The number of nitrogens with one attached hydrogen (secondary N) is 3. The van der Waals surface area contributed by atoms with Crippen molar-refractivity contribution < 1.29 is 28.2 Å². The van der Waals surface area contributed by atoms with Crippen molar-refractivity contribution in [3.8, 4) is 11.5 Å². The molecule has 34 heavy (non-hydrogen) atoms. The number of carbonyl (C=O) groups excluding carboxylic acids is 3. The largest absolute Gasteiger partial charge is 0.497 e. The second-order valence-electron chi connectivity index (χ2n) is 6.80. The number of ether oxygens (including phenoxy) is 2. The molecule has 0 unspecified atom stereocenters. The van der Waals surface area contributed by atoms with Crippen LogP contribution in [-0.4, -0.2) is 37.7 Å². The van der Waals surface area contributed by atoms with Crippen LogP contribution >= 0.6 is 0 Å². The first-order valence-corrected chi connectivity index (χ1v) is 9.99. The van der Waals surface area contributed by atoms with Gasteiger partial charge in [-0.25, -0.2) is 9.82 Å². The number of anilines is 2. The molecule has 0 heterocycles. The minimum atomic E-state index is -0.955. The van der Waals surface area contributed by atoms with Gasteiger partial charge in [-0.05, 0) is 54.1 Å². The van der Waals surface area contributed by atoms with Gasteiger partial charge in [0, 0.05) is 17.4 Å². The maximum atomic E-state index is 12.9. The molecule has 3 aromatic carbocycles. The van der Waals surface area contributed by atoms with Crippen molar-refractivity contribution in [1.82, 2.24) is 5.43 Å². The Labute approximate surface area is 194 Å². The van der Waals surface area contributed by atoms with Gasteiger partial charge in [-0.3, -0.25) is 14.4 Å². The lowest BCUT2D eigenvalue weighted by molar-refractivity contribution is -0.136. The Morgan fingerprint density at radius 2 is 1.62 bits per heavy atom. The highest BCUT2D eigenvalue weighted by Crippen LogP contribution is 2.16. The summed E-state index contributed by atoms with van der Waals surface area (Å²) in [6.45, 7) is -0.265. The Morgan fingerprint density at radius 1 is 0.882 bits per heavy atom. The Bertz CT molecular complexity index is 1200. The van der Waals surface area contributed by atoms with Crippen molar-refractivity contribution in [1.29, 1.82) is 0 Å². The molecule has 0 fully saturated rings. The first kappa shape index (κ1) is 23.9. The van der Waals surface area contributed by atoms with E-state index in [9.17, 15) is 18.8 Å². The molecule has 3 rings (SSSR count). The number of hydrogen-bond donors (Lipinski definition) is 3. The van der Waals surface area contributed by atoms with Crippen molar-refractivity contribution in [2.75, 3.05) is 24.4 Å². The summed E-state index contributed by atoms with van der Waals surface area (Å²) in [4.78, 5) is 35.9. The number of hydrazone groups is 1. The van der Waals surface area contributed by atoms with Gasteiger partial charge in [0.15, 0.2) is 6.61 Å². The highest BCUT2D eigenvalue weighted by molar-refractivity contribution is 6.39. The van der Waals surface area contributed by atoms with Gasteiger partial charge in [-0.15, -0.1) is 0 Å². The third-order valence-electron chi connectivity index (χ3n) is 4.27. The van der Waals surface area contributed by atoms with Crippen LogP contribution in [0.2, 0.25) is 0 Å². The van der Waals surface area contributed by atoms with Crippen molar-refractivity contribution >= 4 is 35.3 Å². The fraction of sp³-hybridized carbons (Fsp3) is 0.0833. The molecule has 0 radical (unpaired) electrons. The predicted molar refractivity (Wildman–Crippen MR) is 124 cm³/mol. The quantitative estimate of drug-likeness (QED) is 0.269. The first-order valence-electron chi connectivity index (χ1n) is 9.99. The van der Waals surface area contributed by atoms with E-state index in [4.69, 9.17) is 9.47 Å². The third-order valence-corrected chi connectivity index (χ3v) is 4.27. The van der Waals surface area contributed by atoms with E-state index >= 15 is 0 Å². The molecule has 9 nitrogen and oxygen atoms in total. The van der Waals surface area contributed by atoms with E-state index in [0.717, 1.165) is 0 Å². The molecule has 0 saturated heterocycles. The monoisotopic (exact) mass is 464 g/mol. The standard InChI is InChI=1S/C24H21FN4O5/c1-33-20-6-3-5-19(13-20)28-23(31)24(32)29-26-14-16-4-2-7-21(12-16)34-15-22(30)27-18-10-8-17(25)9-11-18/h2-14H,15H2,1H3,(H,27,30)(H,28,31)(H,29,32)/b26-14-. The minimum absolute atomic E-state index is 0.265. The van der Waals surface area contributed by atoms with Gasteiger partial charge in [-0.2, -0.15) is 5.10 Å². The maximum Gasteiger partial charge on any atom is 0.329 e. The number of halogens is 1. The number of carbonyl (C=O) groups is 3. The van der Waals surface area contributed by atoms with Gasteiger partial charge in [0.2, 0.25) is 0 Å². The lowest BCUT2D eigenvalue weighted by Crippen LogP contribution is -2.32. The number of amides is 3. The van der Waals surface area contributed by atoms with Crippen LogP contribution in [0.3, 0.4) is 0 Å². The second-order valence-corrected chi connectivity index (χ2v) is 6.80. The zero-order valence-electron chi connectivity index (χ0n) is 18.1. The number of hydrogen-bond acceptors (Lipinski definition) is 6. The lowest BCUT2D eigenvalue weighted by atomic mass is 10.2. The fourth-order valence-corrected chi connectivity index (χ4v) is 2.67. The molecule has 3 N–H and O–H groups in total. The Morgan fingerprint density at radius 3 is 2.38 bits per heavy atom. The Kier molecular flexibility index (Phi) is 8.28. The van der Waals surface area contributed by atoms with Crippen LogP contribution in [0.25, 0.3) is 0 Å². The summed E-state index contributed by atoms with van der Waals surface area (Å²) in [7, 11) is 1.49. The summed E-state index contributed by atoms with van der Waals surface area (Å²) < 4.78 is 23.4. The number of nitrogens with zero attached hydrogens (tertiary/aromatic N) is 1. The maximum absolute atomic E-state index is 12.9. The smallest absolute Gasteiger partial charge is 0.329 e. The molecule has 0 aliphatic carbocycles. The van der Waals surface area contributed by atoms with Gasteiger partial charge in [0.1, 0.15) is 17.3 Å². The lowest BCUT2D eigenvalue weighted by Gasteiger charge is -2.08. The molecule has 174 valence electrons. The van der Waals surface area contributed by atoms with Crippen LogP contribution in [0.15, 0.2) is 77.9 Å². The van der Waals surface area contributed by atoms with E-state index in [1.807, 2.05) is 0 Å². The summed E-state index contributed by atoms with van der Waals surface area (Å²) in [5.41, 5.74) is 3.54. The summed E-state index contributed by atoms with van der Waals surface area (Å²) in [6, 6.07) is 18.5. The topological polar surface area (TPSA) is 118 Å². The molecule has 0 aromatic heterocycles. The van der Waals surface area contributed by atoms with Crippen LogP contribution in [-0.2, 0) is 14.4 Å². The first-order chi connectivity index (χ1) is 16.4.